The summed E-state index contributed by atoms with van der Waals surface area (Å²) in [4.78, 5) is 12.1. The fourth-order valence-electron chi connectivity index (χ4n) is 3.43. The van der Waals surface area contributed by atoms with E-state index in [9.17, 15) is 13.2 Å². The SMILES string of the molecule is CCOc1ccc(-n2c(C)cc(/C=N\NC(=O)[C@H]3CCS(=O)(=O)C3)c2C)cc1. The van der Waals surface area contributed by atoms with Crippen LogP contribution in [0.5, 0.6) is 5.75 Å². The molecule has 2 heterocycles. The molecule has 150 valence electrons. The maximum atomic E-state index is 12.1. The third-order valence-corrected chi connectivity index (χ3v) is 6.63. The zero-order valence-electron chi connectivity index (χ0n) is 16.3. The molecule has 1 aromatic carbocycles. The molecule has 1 N–H and O–H groups in total. The van der Waals surface area contributed by atoms with Crippen molar-refractivity contribution in [3.63, 3.8) is 0 Å². The normalized spacial score (nSPS) is 18.5. The summed E-state index contributed by atoms with van der Waals surface area (Å²) in [6, 6.07) is 9.84. The highest BCUT2D eigenvalue weighted by Crippen LogP contribution is 2.22. The van der Waals surface area contributed by atoms with Crippen LogP contribution in [-0.2, 0) is 14.6 Å². The van der Waals surface area contributed by atoms with Crippen molar-refractivity contribution in [2.75, 3.05) is 18.1 Å². The van der Waals surface area contributed by atoms with Crippen LogP contribution in [0.4, 0.5) is 0 Å². The summed E-state index contributed by atoms with van der Waals surface area (Å²) in [6.07, 6.45) is 1.95. The third kappa shape index (κ3) is 4.44. The molecule has 1 fully saturated rings. The van der Waals surface area contributed by atoms with Gasteiger partial charge in [0.1, 0.15) is 5.75 Å². The summed E-state index contributed by atoms with van der Waals surface area (Å²) in [5.74, 6) is -0.0678. The minimum absolute atomic E-state index is 0.0675. The Balaban J connectivity index is 1.71. The number of amides is 1. The quantitative estimate of drug-likeness (QED) is 0.592. The first kappa shape index (κ1) is 20.1. The Kier molecular flexibility index (Phi) is 5.88. The maximum absolute atomic E-state index is 12.1. The van der Waals surface area contributed by atoms with Crippen LogP contribution in [0, 0.1) is 19.8 Å². The summed E-state index contributed by atoms with van der Waals surface area (Å²) >= 11 is 0. The van der Waals surface area contributed by atoms with Crippen molar-refractivity contribution >= 4 is 22.0 Å². The van der Waals surface area contributed by atoms with Gasteiger partial charge < -0.3 is 9.30 Å². The average molecular weight is 404 g/mol. The van der Waals surface area contributed by atoms with E-state index in [1.165, 1.54) is 0 Å². The van der Waals surface area contributed by atoms with E-state index in [2.05, 4.69) is 15.1 Å². The number of hydrazone groups is 1. The number of hydrogen-bond acceptors (Lipinski definition) is 5. The van der Waals surface area contributed by atoms with Crippen molar-refractivity contribution in [3.05, 3.63) is 47.3 Å². The molecule has 8 heteroatoms. The van der Waals surface area contributed by atoms with Crippen molar-refractivity contribution in [1.29, 1.82) is 0 Å². The van der Waals surface area contributed by atoms with E-state index in [0.717, 1.165) is 28.4 Å². The highest BCUT2D eigenvalue weighted by Gasteiger charge is 2.32. The molecule has 0 unspecified atom stereocenters. The Hall–Kier alpha value is -2.61. The van der Waals surface area contributed by atoms with Crippen LogP contribution in [0.1, 0.15) is 30.3 Å². The first-order chi connectivity index (χ1) is 13.3. The molecule has 0 bridgehead atoms. The minimum Gasteiger partial charge on any atom is -0.494 e. The van der Waals surface area contributed by atoms with Crippen LogP contribution in [0.3, 0.4) is 0 Å². The van der Waals surface area contributed by atoms with Crippen molar-refractivity contribution in [2.45, 2.75) is 27.2 Å². The molecule has 1 amide bonds. The lowest BCUT2D eigenvalue weighted by Gasteiger charge is -2.11. The molecule has 0 spiro atoms. The molecular formula is C20H25N3O4S. The maximum Gasteiger partial charge on any atom is 0.244 e. The fourth-order valence-corrected chi connectivity index (χ4v) is 5.17. The predicted molar refractivity (Wildman–Crippen MR) is 109 cm³/mol. The first-order valence-electron chi connectivity index (χ1n) is 9.26. The van der Waals surface area contributed by atoms with E-state index in [1.54, 1.807) is 6.21 Å². The highest BCUT2D eigenvalue weighted by molar-refractivity contribution is 7.91. The van der Waals surface area contributed by atoms with Gasteiger partial charge in [0.15, 0.2) is 9.84 Å². The van der Waals surface area contributed by atoms with Crippen molar-refractivity contribution in [1.82, 2.24) is 9.99 Å². The van der Waals surface area contributed by atoms with Gasteiger partial charge in [0, 0.05) is 22.6 Å². The molecule has 0 radical (unpaired) electrons. The molecule has 28 heavy (non-hydrogen) atoms. The summed E-state index contributed by atoms with van der Waals surface area (Å²) in [6.45, 7) is 6.56. The van der Waals surface area contributed by atoms with Crippen molar-refractivity contribution < 1.29 is 17.9 Å². The molecule has 0 aliphatic carbocycles. The molecule has 1 saturated heterocycles. The van der Waals surface area contributed by atoms with Gasteiger partial charge in [-0.15, -0.1) is 0 Å². The Morgan fingerprint density at radius 1 is 1.32 bits per heavy atom. The number of benzene rings is 1. The van der Waals surface area contributed by atoms with Crippen LogP contribution < -0.4 is 10.2 Å². The van der Waals surface area contributed by atoms with Gasteiger partial charge in [-0.3, -0.25) is 4.79 Å². The van der Waals surface area contributed by atoms with Crippen molar-refractivity contribution in [3.8, 4) is 11.4 Å². The van der Waals surface area contributed by atoms with Crippen LogP contribution in [0.15, 0.2) is 35.4 Å². The van der Waals surface area contributed by atoms with Gasteiger partial charge in [-0.25, -0.2) is 13.8 Å². The fraction of sp³-hybridized carbons (Fsp3) is 0.400. The lowest BCUT2D eigenvalue weighted by molar-refractivity contribution is -0.124. The summed E-state index contributed by atoms with van der Waals surface area (Å²) in [5.41, 5.74) is 6.39. The van der Waals surface area contributed by atoms with E-state index in [1.807, 2.05) is 51.1 Å². The van der Waals surface area contributed by atoms with E-state index < -0.39 is 15.8 Å². The highest BCUT2D eigenvalue weighted by atomic mass is 32.2. The van der Waals surface area contributed by atoms with Gasteiger partial charge in [0.05, 0.1) is 30.2 Å². The molecule has 1 aliphatic rings. The second-order valence-corrected chi connectivity index (χ2v) is 9.15. The molecule has 1 atom stereocenters. The smallest absolute Gasteiger partial charge is 0.244 e. The molecule has 2 aromatic rings. The lowest BCUT2D eigenvalue weighted by atomic mass is 10.1. The number of sulfone groups is 1. The molecule has 1 aliphatic heterocycles. The number of hydrogen-bond donors (Lipinski definition) is 1. The largest absolute Gasteiger partial charge is 0.494 e. The Morgan fingerprint density at radius 3 is 2.64 bits per heavy atom. The van der Waals surface area contributed by atoms with E-state index in [0.29, 0.717) is 13.0 Å². The molecule has 7 nitrogen and oxygen atoms in total. The number of nitrogens with one attached hydrogen (secondary N) is 1. The van der Waals surface area contributed by atoms with Crippen LogP contribution >= 0.6 is 0 Å². The monoisotopic (exact) mass is 403 g/mol. The third-order valence-electron chi connectivity index (χ3n) is 4.86. The Morgan fingerprint density at radius 2 is 2.04 bits per heavy atom. The molecule has 3 rings (SSSR count). The van der Waals surface area contributed by atoms with Gasteiger partial charge >= 0.3 is 0 Å². The number of nitrogens with zero attached hydrogens (tertiary/aromatic N) is 2. The van der Waals surface area contributed by atoms with E-state index in [-0.39, 0.29) is 17.4 Å². The summed E-state index contributed by atoms with van der Waals surface area (Å²) in [7, 11) is -3.09. The second kappa shape index (κ2) is 8.18. The van der Waals surface area contributed by atoms with Crippen LogP contribution in [0.25, 0.3) is 5.69 Å². The lowest BCUT2D eigenvalue weighted by Crippen LogP contribution is -2.27. The van der Waals surface area contributed by atoms with Crippen LogP contribution in [0.2, 0.25) is 0 Å². The summed E-state index contributed by atoms with van der Waals surface area (Å²) in [5, 5.41) is 4.03. The number of aryl methyl sites for hydroxylation is 1. The minimum atomic E-state index is -3.09. The Labute approximate surface area is 165 Å². The average Bonchev–Trinajstić information content (AvgIpc) is 3.15. The molecule has 1 aromatic heterocycles. The topological polar surface area (TPSA) is 89.8 Å². The second-order valence-electron chi connectivity index (χ2n) is 6.92. The number of ether oxygens (including phenoxy) is 1. The number of carbonyl (C=O) groups is 1. The number of aromatic nitrogens is 1. The van der Waals surface area contributed by atoms with Gasteiger partial charge in [0.25, 0.3) is 0 Å². The Bertz CT molecular complexity index is 991. The molecule has 0 saturated carbocycles. The number of carbonyl (C=O) groups excluding carboxylic acids is 1. The van der Waals surface area contributed by atoms with Crippen LogP contribution in [-0.4, -0.2) is 43.2 Å². The van der Waals surface area contributed by atoms with Gasteiger partial charge in [0.2, 0.25) is 5.91 Å². The van der Waals surface area contributed by atoms with Gasteiger partial charge in [-0.05, 0) is 57.5 Å². The molecular weight excluding hydrogens is 378 g/mol. The van der Waals surface area contributed by atoms with E-state index >= 15 is 0 Å². The zero-order chi connectivity index (χ0) is 20.3. The van der Waals surface area contributed by atoms with Gasteiger partial charge in [-0.1, -0.05) is 0 Å². The predicted octanol–water partition coefficient (Wildman–Crippen LogP) is 2.38. The number of rotatable bonds is 6. The summed E-state index contributed by atoms with van der Waals surface area (Å²) < 4.78 is 30.6. The van der Waals surface area contributed by atoms with Gasteiger partial charge in [-0.2, -0.15) is 5.10 Å². The zero-order valence-corrected chi connectivity index (χ0v) is 17.1. The van der Waals surface area contributed by atoms with E-state index in [4.69, 9.17) is 4.74 Å². The first-order valence-corrected chi connectivity index (χ1v) is 11.1. The standard InChI is InChI=1S/C20H25N3O4S/c1-4-27-19-7-5-18(6-8-19)23-14(2)11-17(15(23)3)12-21-22-20(24)16-9-10-28(25,26)13-16/h5-8,11-12,16H,4,9-10,13H2,1-3H3,(H,22,24)/b21-12-/t16-/m0/s1. The van der Waals surface area contributed by atoms with Crippen molar-refractivity contribution in [2.24, 2.45) is 11.0 Å².